The van der Waals surface area contributed by atoms with E-state index in [1.165, 1.54) is 6.21 Å². The molecule has 0 amide bonds. The highest BCUT2D eigenvalue weighted by Gasteiger charge is 2.39. The molecule has 1 N–H and O–H groups in total. The molecule has 0 aliphatic heterocycles. The molecule has 0 saturated carbocycles. The van der Waals surface area contributed by atoms with Crippen LogP contribution in [0.3, 0.4) is 0 Å². The van der Waals surface area contributed by atoms with Gasteiger partial charge in [-0.15, -0.1) is 0 Å². The van der Waals surface area contributed by atoms with Crippen molar-refractivity contribution in [1.29, 1.82) is 0 Å². The number of oxime groups is 1. The molecule has 3 heteroatoms. The summed E-state index contributed by atoms with van der Waals surface area (Å²) in [5, 5.41) is 14.8. The Labute approximate surface area is 167 Å². The second-order valence-electron chi connectivity index (χ2n) is 7.21. The Kier molecular flexibility index (Phi) is 6.27. The predicted molar refractivity (Wildman–Crippen MR) is 114 cm³/mol. The number of hydrogen-bond donors (Lipinski definition) is 1. The van der Waals surface area contributed by atoms with Gasteiger partial charge < -0.3 is 9.94 Å². The molecule has 3 nitrogen and oxygen atoms in total. The predicted octanol–water partition coefficient (Wildman–Crippen LogP) is 5.53. The molecule has 28 heavy (non-hydrogen) atoms. The van der Waals surface area contributed by atoms with Crippen LogP contribution in [-0.2, 0) is 10.4 Å². The van der Waals surface area contributed by atoms with Crippen molar-refractivity contribution < 1.29 is 9.94 Å². The van der Waals surface area contributed by atoms with Crippen molar-refractivity contribution in [2.75, 3.05) is 0 Å². The minimum Gasteiger partial charge on any atom is -0.384 e. The summed E-state index contributed by atoms with van der Waals surface area (Å²) in [5.74, 6) is 0. The Morgan fingerprint density at radius 2 is 1.18 bits per heavy atom. The molecule has 1 atom stereocenters. The van der Waals surface area contributed by atoms with Gasteiger partial charge in [0.25, 0.3) is 0 Å². The number of hydrogen-bond acceptors (Lipinski definition) is 3. The average Bonchev–Trinajstić information content (AvgIpc) is 2.73. The molecular formula is C25H27NO2. The van der Waals surface area contributed by atoms with Crippen LogP contribution in [0.15, 0.2) is 96.2 Å². The van der Waals surface area contributed by atoms with E-state index in [1.54, 1.807) is 6.92 Å². The fraction of sp³-hybridized carbons (Fsp3) is 0.240. The lowest BCUT2D eigenvalue weighted by atomic mass is 9.80. The van der Waals surface area contributed by atoms with E-state index in [4.69, 9.17) is 4.84 Å². The monoisotopic (exact) mass is 373 g/mol. The van der Waals surface area contributed by atoms with E-state index in [-0.39, 0.29) is 0 Å². The van der Waals surface area contributed by atoms with Crippen LogP contribution < -0.4 is 0 Å². The van der Waals surface area contributed by atoms with Crippen LogP contribution in [0, 0.1) is 0 Å². The van der Waals surface area contributed by atoms with Crippen LogP contribution in [0.5, 0.6) is 0 Å². The lowest BCUT2D eigenvalue weighted by molar-refractivity contribution is 0.0135. The fourth-order valence-corrected chi connectivity index (χ4v) is 3.47. The largest absolute Gasteiger partial charge is 0.384 e. The molecule has 0 aliphatic carbocycles. The summed E-state index contributed by atoms with van der Waals surface area (Å²) in [6.45, 7) is 3.78. The first-order chi connectivity index (χ1) is 13.6. The summed E-state index contributed by atoms with van der Waals surface area (Å²) >= 11 is 0. The molecule has 0 radical (unpaired) electrons. The molecule has 0 heterocycles. The average molecular weight is 373 g/mol. The molecule has 3 aromatic rings. The van der Waals surface area contributed by atoms with E-state index in [9.17, 15) is 5.11 Å². The van der Waals surface area contributed by atoms with Gasteiger partial charge in [0, 0.05) is 16.7 Å². The topological polar surface area (TPSA) is 41.8 Å². The van der Waals surface area contributed by atoms with Gasteiger partial charge in [-0.05, 0) is 13.3 Å². The van der Waals surface area contributed by atoms with Crippen molar-refractivity contribution in [3.8, 4) is 0 Å². The highest BCUT2D eigenvalue weighted by Crippen LogP contribution is 2.40. The van der Waals surface area contributed by atoms with Crippen molar-refractivity contribution in [1.82, 2.24) is 0 Å². The molecule has 0 unspecified atom stereocenters. The molecule has 0 bridgehead atoms. The number of rotatable bonds is 8. The third-order valence-corrected chi connectivity index (χ3v) is 4.82. The van der Waals surface area contributed by atoms with Crippen LogP contribution in [0.2, 0.25) is 0 Å². The highest BCUT2D eigenvalue weighted by atomic mass is 16.6. The SMILES string of the molecule is CCC[C@](C)(O)/C=N/OC(c1ccccc1)(c1ccccc1)c1ccccc1. The molecule has 0 aromatic heterocycles. The van der Waals surface area contributed by atoms with Crippen LogP contribution in [0.25, 0.3) is 0 Å². The molecule has 0 saturated heterocycles. The second kappa shape index (κ2) is 8.85. The zero-order chi connectivity index (χ0) is 19.9. The zero-order valence-electron chi connectivity index (χ0n) is 16.5. The van der Waals surface area contributed by atoms with Gasteiger partial charge in [-0.2, -0.15) is 0 Å². The van der Waals surface area contributed by atoms with Gasteiger partial charge in [-0.3, -0.25) is 0 Å². The maximum atomic E-state index is 10.5. The van der Waals surface area contributed by atoms with Gasteiger partial charge in [0.05, 0.1) is 6.21 Å². The Bertz CT molecular complexity index is 778. The summed E-state index contributed by atoms with van der Waals surface area (Å²) in [4.78, 5) is 6.28. The summed E-state index contributed by atoms with van der Waals surface area (Å²) in [5.41, 5.74) is 0.992. The minimum absolute atomic E-state index is 0.620. The van der Waals surface area contributed by atoms with Gasteiger partial charge >= 0.3 is 0 Å². The van der Waals surface area contributed by atoms with Crippen molar-refractivity contribution in [2.45, 2.75) is 37.9 Å². The van der Waals surface area contributed by atoms with Gasteiger partial charge in [-0.25, -0.2) is 0 Å². The summed E-state index contributed by atoms with van der Waals surface area (Å²) in [6.07, 6.45) is 2.98. The van der Waals surface area contributed by atoms with Crippen molar-refractivity contribution >= 4 is 6.21 Å². The van der Waals surface area contributed by atoms with Crippen molar-refractivity contribution in [2.24, 2.45) is 5.16 Å². The molecule has 144 valence electrons. The van der Waals surface area contributed by atoms with Crippen LogP contribution in [0.4, 0.5) is 0 Å². The first kappa shape index (κ1) is 19.8. The van der Waals surface area contributed by atoms with Gasteiger partial charge in [0.1, 0.15) is 5.60 Å². The number of nitrogens with zero attached hydrogens (tertiary/aromatic N) is 1. The lowest BCUT2D eigenvalue weighted by Crippen LogP contribution is -2.32. The Balaban J connectivity index is 2.16. The van der Waals surface area contributed by atoms with Crippen molar-refractivity contribution in [3.05, 3.63) is 108 Å². The normalized spacial score (nSPS) is 14.0. The van der Waals surface area contributed by atoms with Gasteiger partial charge in [-0.1, -0.05) is 109 Å². The second-order valence-corrected chi connectivity index (χ2v) is 7.21. The first-order valence-electron chi connectivity index (χ1n) is 9.70. The smallest absolute Gasteiger partial charge is 0.212 e. The third-order valence-electron chi connectivity index (χ3n) is 4.82. The summed E-state index contributed by atoms with van der Waals surface area (Å²) in [6, 6.07) is 30.2. The van der Waals surface area contributed by atoms with E-state index in [2.05, 4.69) is 5.16 Å². The Morgan fingerprint density at radius 1 is 0.786 bits per heavy atom. The highest BCUT2D eigenvalue weighted by molar-refractivity contribution is 5.67. The fourth-order valence-electron chi connectivity index (χ4n) is 3.47. The molecule has 0 fully saturated rings. The van der Waals surface area contributed by atoms with Crippen LogP contribution in [-0.4, -0.2) is 16.9 Å². The minimum atomic E-state index is -1.01. The van der Waals surface area contributed by atoms with E-state index < -0.39 is 11.2 Å². The summed E-state index contributed by atoms with van der Waals surface area (Å²) < 4.78 is 0. The van der Waals surface area contributed by atoms with Crippen LogP contribution >= 0.6 is 0 Å². The molecular weight excluding hydrogens is 346 g/mol. The van der Waals surface area contributed by atoms with E-state index in [1.807, 2.05) is 97.9 Å². The van der Waals surface area contributed by atoms with Gasteiger partial charge in [0.2, 0.25) is 5.60 Å². The molecule has 3 rings (SSSR count). The maximum absolute atomic E-state index is 10.5. The Hall–Kier alpha value is -2.91. The van der Waals surface area contributed by atoms with Gasteiger partial charge in [0.15, 0.2) is 0 Å². The Morgan fingerprint density at radius 3 is 1.54 bits per heavy atom. The number of aliphatic hydroxyl groups is 1. The quantitative estimate of drug-likeness (QED) is 0.320. The third kappa shape index (κ3) is 4.32. The molecule has 0 spiro atoms. The zero-order valence-corrected chi connectivity index (χ0v) is 16.5. The van der Waals surface area contributed by atoms with Crippen LogP contribution in [0.1, 0.15) is 43.4 Å². The molecule has 0 aliphatic rings. The van der Waals surface area contributed by atoms with E-state index in [0.717, 1.165) is 23.1 Å². The lowest BCUT2D eigenvalue weighted by Gasteiger charge is -2.33. The summed E-state index contributed by atoms with van der Waals surface area (Å²) in [7, 11) is 0. The maximum Gasteiger partial charge on any atom is 0.212 e. The number of benzene rings is 3. The first-order valence-corrected chi connectivity index (χ1v) is 9.70. The van der Waals surface area contributed by atoms with E-state index in [0.29, 0.717) is 6.42 Å². The standard InChI is InChI=1S/C25H27NO2/c1-3-19-24(2,27)20-26-28-25(21-13-7-4-8-14-21,22-15-9-5-10-16-22)23-17-11-6-12-18-23/h4-18,20,27H,3,19H2,1-2H3/b26-20+/t24-/m0/s1. The van der Waals surface area contributed by atoms with Crippen molar-refractivity contribution in [3.63, 3.8) is 0 Å². The van der Waals surface area contributed by atoms with E-state index >= 15 is 0 Å². The molecule has 3 aromatic carbocycles.